The Morgan fingerprint density at radius 3 is 2.38 bits per heavy atom. The minimum Gasteiger partial charge on any atom is -0.489 e. The summed E-state index contributed by atoms with van der Waals surface area (Å²) in [7, 11) is 0. The van der Waals surface area contributed by atoms with Crippen LogP contribution in [0.1, 0.15) is 32.6 Å². The molecule has 0 heterocycles. The van der Waals surface area contributed by atoms with Crippen molar-refractivity contribution < 1.29 is 9.53 Å². The zero-order valence-electron chi connectivity index (χ0n) is 12.6. The van der Waals surface area contributed by atoms with E-state index in [-0.39, 0.29) is 0 Å². The van der Waals surface area contributed by atoms with Gasteiger partial charge in [0.25, 0.3) is 0 Å². The van der Waals surface area contributed by atoms with E-state index in [9.17, 15) is 4.79 Å². The molecule has 0 atom stereocenters. The molecule has 0 aromatic heterocycles. The molecule has 21 heavy (non-hydrogen) atoms. The van der Waals surface area contributed by atoms with E-state index in [0.29, 0.717) is 12.2 Å². The average molecular weight is 284 g/mol. The molecule has 1 amide bonds. The van der Waals surface area contributed by atoms with Gasteiger partial charge >= 0.3 is 0 Å². The molecule has 2 aromatic carbocycles. The Morgan fingerprint density at radius 2 is 1.76 bits per heavy atom. The molecule has 4 heteroatoms. The van der Waals surface area contributed by atoms with E-state index < -0.39 is 5.91 Å². The van der Waals surface area contributed by atoms with Crippen LogP contribution >= 0.6 is 0 Å². The Bertz CT molecular complexity index is 693. The molecule has 0 aliphatic heterocycles. The summed E-state index contributed by atoms with van der Waals surface area (Å²) in [5.41, 5.74) is 16.5. The Morgan fingerprint density at radius 1 is 1.05 bits per heavy atom. The molecule has 0 fully saturated rings. The highest BCUT2D eigenvalue weighted by molar-refractivity contribution is 5.93. The van der Waals surface area contributed by atoms with Gasteiger partial charge in [-0.2, -0.15) is 0 Å². The van der Waals surface area contributed by atoms with E-state index in [1.54, 1.807) is 12.1 Å². The molecular weight excluding hydrogens is 264 g/mol. The van der Waals surface area contributed by atoms with E-state index in [0.717, 1.165) is 33.7 Å². The zero-order valence-corrected chi connectivity index (χ0v) is 12.6. The van der Waals surface area contributed by atoms with Crippen molar-refractivity contribution in [3.63, 3.8) is 0 Å². The first kappa shape index (κ1) is 14.9. The number of hydrogen-bond donors (Lipinski definition) is 2. The summed E-state index contributed by atoms with van der Waals surface area (Å²) in [6.07, 6.45) is 0. The van der Waals surface area contributed by atoms with Gasteiger partial charge in [0.15, 0.2) is 0 Å². The van der Waals surface area contributed by atoms with E-state index in [1.165, 1.54) is 0 Å². The second kappa shape index (κ2) is 5.87. The Kier molecular flexibility index (Phi) is 4.17. The number of carbonyl (C=O) groups excluding carboxylic acids is 1. The van der Waals surface area contributed by atoms with Crippen LogP contribution in [0.2, 0.25) is 0 Å². The topological polar surface area (TPSA) is 78.3 Å². The third kappa shape index (κ3) is 3.34. The third-order valence-electron chi connectivity index (χ3n) is 3.57. The van der Waals surface area contributed by atoms with E-state index in [2.05, 4.69) is 0 Å². The van der Waals surface area contributed by atoms with E-state index in [1.807, 2.05) is 39.0 Å². The van der Waals surface area contributed by atoms with Gasteiger partial charge in [-0.15, -0.1) is 0 Å². The summed E-state index contributed by atoms with van der Waals surface area (Å²) < 4.78 is 5.84. The lowest BCUT2D eigenvalue weighted by Crippen LogP contribution is -2.11. The molecule has 110 valence electrons. The first-order valence-corrected chi connectivity index (χ1v) is 6.77. The summed E-state index contributed by atoms with van der Waals surface area (Å²) in [6.45, 7) is 6.32. The predicted octanol–water partition coefficient (Wildman–Crippen LogP) is 2.87. The van der Waals surface area contributed by atoms with Gasteiger partial charge in [-0.05, 0) is 55.2 Å². The van der Waals surface area contributed by atoms with Crippen LogP contribution < -0.4 is 16.2 Å². The molecule has 0 aliphatic rings. The monoisotopic (exact) mass is 284 g/mol. The normalized spacial score (nSPS) is 10.4. The lowest BCUT2D eigenvalue weighted by atomic mass is 10.1. The van der Waals surface area contributed by atoms with Crippen molar-refractivity contribution in [3.05, 3.63) is 58.1 Å². The van der Waals surface area contributed by atoms with Gasteiger partial charge < -0.3 is 16.2 Å². The SMILES string of the molecule is Cc1cc(C)c(OCc2ccc(C(N)=O)cc2C)cc1N. The van der Waals surface area contributed by atoms with Crippen molar-refractivity contribution in [1.29, 1.82) is 0 Å². The number of carbonyl (C=O) groups is 1. The summed E-state index contributed by atoms with van der Waals surface area (Å²) in [4.78, 5) is 11.1. The lowest BCUT2D eigenvalue weighted by Gasteiger charge is -2.13. The fourth-order valence-electron chi connectivity index (χ4n) is 2.17. The van der Waals surface area contributed by atoms with Crippen LogP contribution in [-0.2, 0) is 6.61 Å². The zero-order chi connectivity index (χ0) is 15.6. The fraction of sp³-hybridized carbons (Fsp3) is 0.235. The smallest absolute Gasteiger partial charge is 0.248 e. The fourth-order valence-corrected chi connectivity index (χ4v) is 2.17. The quantitative estimate of drug-likeness (QED) is 0.847. The molecule has 0 bridgehead atoms. The minimum absolute atomic E-state index is 0.423. The number of amides is 1. The van der Waals surface area contributed by atoms with Crippen LogP contribution in [0.4, 0.5) is 5.69 Å². The lowest BCUT2D eigenvalue weighted by molar-refractivity contribution is 0.1000. The number of rotatable bonds is 4. The van der Waals surface area contributed by atoms with Crippen LogP contribution in [0.15, 0.2) is 30.3 Å². The second-order valence-electron chi connectivity index (χ2n) is 5.27. The summed E-state index contributed by atoms with van der Waals surface area (Å²) in [5, 5.41) is 0. The van der Waals surface area contributed by atoms with Gasteiger partial charge in [0, 0.05) is 17.3 Å². The van der Waals surface area contributed by atoms with Crippen LogP contribution in [0.25, 0.3) is 0 Å². The van der Waals surface area contributed by atoms with E-state index in [4.69, 9.17) is 16.2 Å². The van der Waals surface area contributed by atoms with Gasteiger partial charge in [0.1, 0.15) is 12.4 Å². The van der Waals surface area contributed by atoms with Gasteiger partial charge in [0.2, 0.25) is 5.91 Å². The van der Waals surface area contributed by atoms with Crippen LogP contribution in [0, 0.1) is 20.8 Å². The van der Waals surface area contributed by atoms with Crippen molar-refractivity contribution in [3.8, 4) is 5.75 Å². The van der Waals surface area contributed by atoms with Gasteiger partial charge in [0.05, 0.1) is 0 Å². The standard InChI is InChI=1S/C17H20N2O2/c1-10-7-13(17(19)20)4-5-14(10)9-21-16-8-15(18)11(2)6-12(16)3/h4-8H,9,18H2,1-3H3,(H2,19,20). The van der Waals surface area contributed by atoms with Crippen molar-refractivity contribution in [2.45, 2.75) is 27.4 Å². The number of anilines is 1. The minimum atomic E-state index is -0.423. The van der Waals surface area contributed by atoms with Crippen LogP contribution in [-0.4, -0.2) is 5.91 Å². The molecule has 4 N–H and O–H groups in total. The molecule has 0 spiro atoms. The highest BCUT2D eigenvalue weighted by atomic mass is 16.5. The van der Waals surface area contributed by atoms with Crippen LogP contribution in [0.5, 0.6) is 5.75 Å². The number of ether oxygens (including phenoxy) is 1. The number of hydrogen-bond acceptors (Lipinski definition) is 3. The average Bonchev–Trinajstić information content (AvgIpc) is 2.42. The van der Waals surface area contributed by atoms with Crippen molar-refractivity contribution in [2.75, 3.05) is 5.73 Å². The molecule has 2 rings (SSSR count). The molecule has 4 nitrogen and oxygen atoms in total. The molecule has 0 saturated heterocycles. The van der Waals surface area contributed by atoms with Crippen molar-refractivity contribution >= 4 is 11.6 Å². The van der Waals surface area contributed by atoms with Crippen molar-refractivity contribution in [2.24, 2.45) is 5.73 Å². The number of primary amides is 1. The second-order valence-corrected chi connectivity index (χ2v) is 5.27. The van der Waals surface area contributed by atoms with Gasteiger partial charge in [-0.1, -0.05) is 12.1 Å². The number of benzene rings is 2. The number of nitrogens with two attached hydrogens (primary N) is 2. The number of aryl methyl sites for hydroxylation is 3. The highest BCUT2D eigenvalue weighted by Gasteiger charge is 2.07. The largest absolute Gasteiger partial charge is 0.489 e. The molecule has 0 saturated carbocycles. The summed E-state index contributed by atoms with van der Waals surface area (Å²) in [6, 6.07) is 9.20. The Hall–Kier alpha value is -2.49. The van der Waals surface area contributed by atoms with Crippen LogP contribution in [0.3, 0.4) is 0 Å². The van der Waals surface area contributed by atoms with Gasteiger partial charge in [-0.25, -0.2) is 0 Å². The van der Waals surface area contributed by atoms with Crippen molar-refractivity contribution in [1.82, 2.24) is 0 Å². The predicted molar refractivity (Wildman–Crippen MR) is 84.4 cm³/mol. The highest BCUT2D eigenvalue weighted by Crippen LogP contribution is 2.25. The Balaban J connectivity index is 2.17. The Labute approximate surface area is 124 Å². The first-order valence-electron chi connectivity index (χ1n) is 6.77. The number of nitrogen functional groups attached to an aromatic ring is 1. The first-order chi connectivity index (χ1) is 9.88. The summed E-state index contributed by atoms with van der Waals surface area (Å²) >= 11 is 0. The molecular formula is C17H20N2O2. The molecule has 0 unspecified atom stereocenters. The molecule has 0 aliphatic carbocycles. The van der Waals surface area contributed by atoms with E-state index >= 15 is 0 Å². The maximum Gasteiger partial charge on any atom is 0.248 e. The maximum absolute atomic E-state index is 11.1. The molecule has 2 aromatic rings. The van der Waals surface area contributed by atoms with Gasteiger partial charge in [-0.3, -0.25) is 4.79 Å². The maximum atomic E-state index is 11.1. The molecule has 0 radical (unpaired) electrons. The summed E-state index contributed by atoms with van der Waals surface area (Å²) in [5.74, 6) is 0.351. The third-order valence-corrected chi connectivity index (χ3v) is 3.57.